The van der Waals surface area contributed by atoms with Gasteiger partial charge in [-0.1, -0.05) is 0 Å². The van der Waals surface area contributed by atoms with Gasteiger partial charge in [0.2, 0.25) is 0 Å². The molecule has 2 heterocycles. The summed E-state index contributed by atoms with van der Waals surface area (Å²) in [4.78, 5) is 13.2. The van der Waals surface area contributed by atoms with Crippen molar-refractivity contribution in [2.45, 2.75) is 25.7 Å². The Balaban J connectivity index is 1.74. The number of nitrogens with zero attached hydrogens (tertiary/aromatic N) is 1. The van der Waals surface area contributed by atoms with E-state index >= 15 is 0 Å². The van der Waals surface area contributed by atoms with Crippen LogP contribution in [0.3, 0.4) is 0 Å². The number of aliphatic carboxylic acids is 1. The highest BCUT2D eigenvalue weighted by Crippen LogP contribution is 2.26. The lowest BCUT2D eigenvalue weighted by atomic mass is 9.94. The van der Waals surface area contributed by atoms with Crippen LogP contribution in [-0.4, -0.2) is 47.1 Å². The average molecular weight is 243 g/mol. The van der Waals surface area contributed by atoms with Gasteiger partial charge in [-0.3, -0.25) is 4.79 Å². The van der Waals surface area contributed by atoms with Crippen molar-refractivity contribution in [3.05, 3.63) is 0 Å². The van der Waals surface area contributed by atoms with E-state index in [0.717, 1.165) is 18.9 Å². The van der Waals surface area contributed by atoms with Crippen LogP contribution < -0.4 is 0 Å². The standard InChI is InChI=1S/C12H21NO2S/c14-12(15)6-10-2-1-4-13(7-10)8-11-3-5-16-9-11/h10-11H,1-9H2,(H,14,15). The monoisotopic (exact) mass is 243 g/mol. The van der Waals surface area contributed by atoms with Gasteiger partial charge in [0.1, 0.15) is 0 Å². The zero-order chi connectivity index (χ0) is 11.4. The number of piperidine rings is 1. The van der Waals surface area contributed by atoms with Crippen LogP contribution >= 0.6 is 11.8 Å². The molecule has 4 heteroatoms. The Morgan fingerprint density at radius 3 is 2.94 bits per heavy atom. The number of carboxylic acids is 1. The van der Waals surface area contributed by atoms with Crippen molar-refractivity contribution in [3.8, 4) is 0 Å². The third-order valence-electron chi connectivity index (χ3n) is 3.61. The van der Waals surface area contributed by atoms with Gasteiger partial charge >= 0.3 is 5.97 Å². The van der Waals surface area contributed by atoms with Gasteiger partial charge in [-0.2, -0.15) is 11.8 Å². The number of rotatable bonds is 4. The van der Waals surface area contributed by atoms with Crippen LogP contribution in [0.2, 0.25) is 0 Å². The summed E-state index contributed by atoms with van der Waals surface area (Å²) in [6.07, 6.45) is 3.99. The van der Waals surface area contributed by atoms with E-state index in [-0.39, 0.29) is 0 Å². The first kappa shape index (κ1) is 12.2. The second kappa shape index (κ2) is 5.92. The smallest absolute Gasteiger partial charge is 0.303 e. The van der Waals surface area contributed by atoms with Crippen LogP contribution in [-0.2, 0) is 4.79 Å². The number of hydrogen-bond donors (Lipinski definition) is 1. The van der Waals surface area contributed by atoms with Crippen LogP contribution in [0.15, 0.2) is 0 Å². The summed E-state index contributed by atoms with van der Waals surface area (Å²) in [6.45, 7) is 3.38. The van der Waals surface area contributed by atoms with E-state index in [2.05, 4.69) is 16.7 Å². The van der Waals surface area contributed by atoms with Gasteiger partial charge < -0.3 is 10.0 Å². The molecule has 1 N–H and O–H groups in total. The lowest BCUT2D eigenvalue weighted by molar-refractivity contribution is -0.138. The zero-order valence-corrected chi connectivity index (χ0v) is 10.5. The van der Waals surface area contributed by atoms with E-state index in [0.29, 0.717) is 12.3 Å². The molecule has 0 aromatic rings. The molecule has 0 radical (unpaired) electrons. The van der Waals surface area contributed by atoms with Gasteiger partial charge in [-0.05, 0) is 49.1 Å². The fraction of sp³-hybridized carbons (Fsp3) is 0.917. The molecule has 0 bridgehead atoms. The maximum atomic E-state index is 10.7. The SMILES string of the molecule is O=C(O)CC1CCCN(CC2CCSC2)C1. The molecule has 2 rings (SSSR count). The van der Waals surface area contributed by atoms with Gasteiger partial charge in [0.25, 0.3) is 0 Å². The van der Waals surface area contributed by atoms with E-state index in [1.807, 2.05) is 0 Å². The molecule has 2 fully saturated rings. The van der Waals surface area contributed by atoms with Gasteiger partial charge in [-0.15, -0.1) is 0 Å². The molecule has 92 valence electrons. The van der Waals surface area contributed by atoms with E-state index in [1.165, 1.54) is 37.4 Å². The maximum absolute atomic E-state index is 10.7. The van der Waals surface area contributed by atoms with Crippen molar-refractivity contribution >= 4 is 17.7 Å². The molecule has 16 heavy (non-hydrogen) atoms. The van der Waals surface area contributed by atoms with Crippen molar-refractivity contribution < 1.29 is 9.90 Å². The topological polar surface area (TPSA) is 40.5 Å². The summed E-state index contributed by atoms with van der Waals surface area (Å²) < 4.78 is 0. The van der Waals surface area contributed by atoms with E-state index in [1.54, 1.807) is 0 Å². The highest BCUT2D eigenvalue weighted by Gasteiger charge is 2.25. The Hall–Kier alpha value is -0.220. The molecule has 3 nitrogen and oxygen atoms in total. The molecule has 2 unspecified atom stereocenters. The molecule has 0 spiro atoms. The molecule has 0 aromatic carbocycles. The highest BCUT2D eigenvalue weighted by molar-refractivity contribution is 7.99. The Morgan fingerprint density at radius 1 is 1.38 bits per heavy atom. The summed E-state index contributed by atoms with van der Waals surface area (Å²) in [5.41, 5.74) is 0. The molecular formula is C12H21NO2S. The van der Waals surface area contributed by atoms with E-state index < -0.39 is 5.97 Å². The summed E-state index contributed by atoms with van der Waals surface area (Å²) in [6, 6.07) is 0. The Bertz CT molecular complexity index is 241. The van der Waals surface area contributed by atoms with Crippen molar-refractivity contribution in [2.75, 3.05) is 31.1 Å². The van der Waals surface area contributed by atoms with Crippen molar-refractivity contribution in [2.24, 2.45) is 11.8 Å². The predicted octanol–water partition coefficient (Wildman–Crippen LogP) is 1.93. The third-order valence-corrected chi connectivity index (χ3v) is 4.84. The fourth-order valence-electron chi connectivity index (χ4n) is 2.82. The summed E-state index contributed by atoms with van der Waals surface area (Å²) in [5.74, 6) is 3.23. The second-order valence-corrected chi connectivity index (χ2v) is 6.25. The minimum Gasteiger partial charge on any atom is -0.481 e. The summed E-state index contributed by atoms with van der Waals surface area (Å²) in [5, 5.41) is 8.81. The molecule has 0 aliphatic carbocycles. The molecule has 0 saturated carbocycles. The molecule has 2 atom stereocenters. The van der Waals surface area contributed by atoms with Crippen LogP contribution in [0, 0.1) is 11.8 Å². The minimum atomic E-state index is -0.636. The average Bonchev–Trinajstić information content (AvgIpc) is 2.70. The largest absolute Gasteiger partial charge is 0.481 e. The first-order chi connectivity index (χ1) is 7.74. The quantitative estimate of drug-likeness (QED) is 0.819. The first-order valence-corrected chi connectivity index (χ1v) is 7.41. The Kier molecular flexibility index (Phi) is 4.53. The Morgan fingerprint density at radius 2 is 2.25 bits per heavy atom. The maximum Gasteiger partial charge on any atom is 0.303 e. The molecular weight excluding hydrogens is 222 g/mol. The van der Waals surface area contributed by atoms with Gasteiger partial charge in [0.15, 0.2) is 0 Å². The normalized spacial score (nSPS) is 31.8. The number of carbonyl (C=O) groups is 1. The van der Waals surface area contributed by atoms with Crippen LogP contribution in [0.4, 0.5) is 0 Å². The molecule has 2 aliphatic heterocycles. The lowest BCUT2D eigenvalue weighted by Crippen LogP contribution is -2.39. The third kappa shape index (κ3) is 3.67. The molecule has 2 aliphatic rings. The van der Waals surface area contributed by atoms with Gasteiger partial charge in [-0.25, -0.2) is 0 Å². The predicted molar refractivity (Wildman–Crippen MR) is 66.8 cm³/mol. The van der Waals surface area contributed by atoms with Crippen molar-refractivity contribution in [1.29, 1.82) is 0 Å². The highest BCUT2D eigenvalue weighted by atomic mass is 32.2. The Labute approximate surface area is 102 Å². The fourth-order valence-corrected chi connectivity index (χ4v) is 4.10. The second-order valence-electron chi connectivity index (χ2n) is 5.10. The summed E-state index contributed by atoms with van der Waals surface area (Å²) in [7, 11) is 0. The number of likely N-dealkylation sites (tertiary alicyclic amines) is 1. The number of carboxylic acid groups (broad SMARTS) is 1. The summed E-state index contributed by atoms with van der Waals surface area (Å²) >= 11 is 2.06. The van der Waals surface area contributed by atoms with Crippen molar-refractivity contribution in [1.82, 2.24) is 4.90 Å². The zero-order valence-electron chi connectivity index (χ0n) is 9.73. The van der Waals surface area contributed by atoms with E-state index in [4.69, 9.17) is 5.11 Å². The van der Waals surface area contributed by atoms with Gasteiger partial charge in [0, 0.05) is 19.5 Å². The van der Waals surface area contributed by atoms with Crippen molar-refractivity contribution in [3.63, 3.8) is 0 Å². The van der Waals surface area contributed by atoms with E-state index in [9.17, 15) is 4.79 Å². The van der Waals surface area contributed by atoms with Crippen LogP contribution in [0.5, 0.6) is 0 Å². The number of thioether (sulfide) groups is 1. The number of hydrogen-bond acceptors (Lipinski definition) is 3. The lowest BCUT2D eigenvalue weighted by Gasteiger charge is -2.33. The van der Waals surface area contributed by atoms with Crippen LogP contribution in [0.1, 0.15) is 25.7 Å². The first-order valence-electron chi connectivity index (χ1n) is 6.26. The molecule has 0 aromatic heterocycles. The van der Waals surface area contributed by atoms with Gasteiger partial charge in [0.05, 0.1) is 0 Å². The molecule has 0 amide bonds. The molecule has 2 saturated heterocycles. The van der Waals surface area contributed by atoms with Crippen LogP contribution in [0.25, 0.3) is 0 Å². The minimum absolute atomic E-state index is 0.357.